The highest BCUT2D eigenvalue weighted by atomic mass is 15.0. The molecular weight excluding hydrogens is 174 g/mol. The smallest absolute Gasteiger partial charge is 0.0677 e. The Kier molecular flexibility index (Phi) is 2.04. The van der Waals surface area contributed by atoms with Crippen LogP contribution in [0.2, 0.25) is 0 Å². The molecule has 0 aliphatic carbocycles. The Morgan fingerprint density at radius 3 is 3.00 bits per heavy atom. The lowest BCUT2D eigenvalue weighted by Crippen LogP contribution is -2.38. The zero-order valence-electron chi connectivity index (χ0n) is 8.54. The average molecular weight is 189 g/mol. The lowest BCUT2D eigenvalue weighted by molar-refractivity contribution is 0.416. The van der Waals surface area contributed by atoms with Crippen LogP contribution in [-0.2, 0) is 5.54 Å². The van der Waals surface area contributed by atoms with Crippen molar-refractivity contribution >= 4 is 17.6 Å². The Morgan fingerprint density at radius 2 is 2.29 bits per heavy atom. The number of benzene rings is 1. The van der Waals surface area contributed by atoms with E-state index in [0.29, 0.717) is 0 Å². The number of rotatable bonds is 1. The lowest BCUT2D eigenvalue weighted by Gasteiger charge is -2.32. The molecule has 1 aromatic carbocycles. The number of nitrogen functional groups attached to an aromatic ring is 1. The van der Waals surface area contributed by atoms with Gasteiger partial charge in [0.05, 0.1) is 5.69 Å². The fourth-order valence-corrected chi connectivity index (χ4v) is 1.78. The molecule has 1 heterocycles. The van der Waals surface area contributed by atoms with Gasteiger partial charge in [0.2, 0.25) is 0 Å². The molecule has 0 radical (unpaired) electrons. The maximum absolute atomic E-state index is 5.78. The van der Waals surface area contributed by atoms with Crippen LogP contribution in [0.25, 0.3) is 0 Å². The number of hydrogen-bond donors (Lipinski definition) is 2. The van der Waals surface area contributed by atoms with Crippen LogP contribution in [0, 0.1) is 0 Å². The van der Waals surface area contributed by atoms with Gasteiger partial charge in [0.25, 0.3) is 0 Å². The third kappa shape index (κ3) is 1.30. The Morgan fingerprint density at radius 1 is 1.50 bits per heavy atom. The normalized spacial score (nSPS) is 24.7. The second-order valence-corrected chi connectivity index (χ2v) is 3.87. The molecule has 3 heteroatoms. The number of fused-ring (bicyclic) bond motifs is 1. The Bertz CT molecular complexity index is 384. The van der Waals surface area contributed by atoms with Crippen molar-refractivity contribution in [3.05, 3.63) is 23.8 Å². The number of nitrogens with one attached hydrogen (secondary N) is 1. The molecule has 0 fully saturated rings. The summed E-state index contributed by atoms with van der Waals surface area (Å²) in [5, 5.41) is 3.32. The molecule has 0 saturated heterocycles. The predicted molar refractivity (Wildman–Crippen MR) is 60.0 cm³/mol. The standard InChI is InChI=1S/C11H15N3/c1-11(13-2)5-6-14-10-4-3-8(12)7-9(10)11/h3-4,6-7,13H,5,12H2,1-2H3. The number of anilines is 1. The van der Waals surface area contributed by atoms with Crippen molar-refractivity contribution in [2.75, 3.05) is 12.8 Å². The van der Waals surface area contributed by atoms with Gasteiger partial charge in [-0.15, -0.1) is 0 Å². The fourth-order valence-electron chi connectivity index (χ4n) is 1.78. The zero-order valence-corrected chi connectivity index (χ0v) is 8.54. The highest BCUT2D eigenvalue weighted by Crippen LogP contribution is 2.36. The molecule has 3 N–H and O–H groups in total. The molecule has 3 nitrogen and oxygen atoms in total. The zero-order chi connectivity index (χ0) is 10.2. The van der Waals surface area contributed by atoms with Crippen molar-refractivity contribution in [1.29, 1.82) is 0 Å². The second kappa shape index (κ2) is 3.10. The molecule has 1 aromatic rings. The Balaban J connectivity index is 2.58. The van der Waals surface area contributed by atoms with Gasteiger partial charge in [-0.2, -0.15) is 0 Å². The van der Waals surface area contributed by atoms with Crippen LogP contribution in [-0.4, -0.2) is 13.3 Å². The van der Waals surface area contributed by atoms with E-state index in [1.54, 1.807) is 0 Å². The van der Waals surface area contributed by atoms with E-state index >= 15 is 0 Å². The Hall–Kier alpha value is -1.35. The highest BCUT2D eigenvalue weighted by molar-refractivity contribution is 5.73. The van der Waals surface area contributed by atoms with Crippen LogP contribution in [0.15, 0.2) is 23.2 Å². The van der Waals surface area contributed by atoms with Crippen LogP contribution < -0.4 is 11.1 Å². The van der Waals surface area contributed by atoms with Crippen molar-refractivity contribution in [3.63, 3.8) is 0 Å². The summed E-state index contributed by atoms with van der Waals surface area (Å²) in [7, 11) is 1.96. The van der Waals surface area contributed by atoms with E-state index in [1.807, 2.05) is 31.5 Å². The van der Waals surface area contributed by atoms with E-state index in [1.165, 1.54) is 5.56 Å². The van der Waals surface area contributed by atoms with Gasteiger partial charge in [0.15, 0.2) is 0 Å². The minimum atomic E-state index is -0.0353. The molecule has 0 bridgehead atoms. The quantitative estimate of drug-likeness (QED) is 0.662. The van der Waals surface area contributed by atoms with Crippen molar-refractivity contribution < 1.29 is 0 Å². The van der Waals surface area contributed by atoms with Crippen LogP contribution in [0.4, 0.5) is 11.4 Å². The van der Waals surface area contributed by atoms with E-state index < -0.39 is 0 Å². The summed E-state index contributed by atoms with van der Waals surface area (Å²) in [6.07, 6.45) is 2.86. The molecule has 0 spiro atoms. The number of hydrogen-bond acceptors (Lipinski definition) is 3. The molecular formula is C11H15N3. The molecule has 1 unspecified atom stereocenters. The van der Waals surface area contributed by atoms with E-state index in [9.17, 15) is 0 Å². The fraction of sp³-hybridized carbons (Fsp3) is 0.364. The topological polar surface area (TPSA) is 50.4 Å². The maximum Gasteiger partial charge on any atom is 0.0677 e. The van der Waals surface area contributed by atoms with Crippen molar-refractivity contribution in [2.24, 2.45) is 4.99 Å². The summed E-state index contributed by atoms with van der Waals surface area (Å²) < 4.78 is 0. The minimum Gasteiger partial charge on any atom is -0.399 e. The largest absolute Gasteiger partial charge is 0.399 e. The molecule has 1 atom stereocenters. The summed E-state index contributed by atoms with van der Waals surface area (Å²) >= 11 is 0. The van der Waals surface area contributed by atoms with Gasteiger partial charge < -0.3 is 11.1 Å². The molecule has 0 aromatic heterocycles. The second-order valence-electron chi connectivity index (χ2n) is 3.87. The third-order valence-electron chi connectivity index (χ3n) is 2.90. The first-order chi connectivity index (χ1) is 6.65. The Labute approximate surface area is 84.0 Å². The van der Waals surface area contributed by atoms with Gasteiger partial charge >= 0.3 is 0 Å². The molecule has 2 rings (SSSR count). The van der Waals surface area contributed by atoms with E-state index in [0.717, 1.165) is 17.8 Å². The van der Waals surface area contributed by atoms with Crippen molar-refractivity contribution in [3.8, 4) is 0 Å². The highest BCUT2D eigenvalue weighted by Gasteiger charge is 2.28. The van der Waals surface area contributed by atoms with Crippen molar-refractivity contribution in [1.82, 2.24) is 5.32 Å². The van der Waals surface area contributed by atoms with Gasteiger partial charge in [-0.25, -0.2) is 0 Å². The lowest BCUT2D eigenvalue weighted by atomic mass is 9.86. The predicted octanol–water partition coefficient (Wildman–Crippen LogP) is 1.81. The third-order valence-corrected chi connectivity index (χ3v) is 2.90. The SMILES string of the molecule is CNC1(C)CC=Nc2ccc(N)cc21. The summed E-state index contributed by atoms with van der Waals surface area (Å²) in [6, 6.07) is 5.86. The number of nitrogens with zero attached hydrogens (tertiary/aromatic N) is 1. The maximum atomic E-state index is 5.78. The summed E-state index contributed by atoms with van der Waals surface area (Å²) in [5.41, 5.74) is 8.74. The van der Waals surface area contributed by atoms with Gasteiger partial charge in [-0.1, -0.05) is 0 Å². The summed E-state index contributed by atoms with van der Waals surface area (Å²) in [6.45, 7) is 2.16. The van der Waals surface area contributed by atoms with Crippen LogP contribution in [0.3, 0.4) is 0 Å². The molecule has 0 saturated carbocycles. The molecule has 1 aliphatic heterocycles. The van der Waals surface area contributed by atoms with E-state index in [-0.39, 0.29) is 5.54 Å². The molecule has 1 aliphatic rings. The van der Waals surface area contributed by atoms with E-state index in [2.05, 4.69) is 17.2 Å². The van der Waals surface area contributed by atoms with Crippen LogP contribution in [0.5, 0.6) is 0 Å². The number of aliphatic imine (C=N–C) groups is 1. The van der Waals surface area contributed by atoms with Gasteiger partial charge in [-0.05, 0) is 37.7 Å². The minimum absolute atomic E-state index is 0.0353. The monoisotopic (exact) mass is 189 g/mol. The first-order valence-electron chi connectivity index (χ1n) is 4.77. The molecule has 14 heavy (non-hydrogen) atoms. The first kappa shape index (κ1) is 9.21. The van der Waals surface area contributed by atoms with Crippen LogP contribution >= 0.6 is 0 Å². The van der Waals surface area contributed by atoms with Gasteiger partial charge in [-0.3, -0.25) is 4.99 Å². The summed E-state index contributed by atoms with van der Waals surface area (Å²) in [5.74, 6) is 0. The van der Waals surface area contributed by atoms with Crippen molar-refractivity contribution in [2.45, 2.75) is 18.9 Å². The average Bonchev–Trinajstić information content (AvgIpc) is 2.20. The van der Waals surface area contributed by atoms with Gasteiger partial charge in [0, 0.05) is 23.9 Å². The first-order valence-corrected chi connectivity index (χ1v) is 4.77. The molecule has 0 amide bonds. The number of nitrogens with two attached hydrogens (primary N) is 1. The van der Waals surface area contributed by atoms with Crippen LogP contribution in [0.1, 0.15) is 18.9 Å². The summed E-state index contributed by atoms with van der Waals surface area (Å²) in [4.78, 5) is 4.36. The van der Waals surface area contributed by atoms with E-state index in [4.69, 9.17) is 5.73 Å². The molecule has 74 valence electrons. The van der Waals surface area contributed by atoms with Gasteiger partial charge in [0.1, 0.15) is 0 Å².